The highest BCUT2D eigenvalue weighted by atomic mass is 19.1. The topological polar surface area (TPSA) is 52.3 Å². The average molecular weight is 214 g/mol. The van der Waals surface area contributed by atoms with E-state index in [1.807, 2.05) is 0 Å². The number of nitrogens with two attached hydrogens (primary N) is 1. The van der Waals surface area contributed by atoms with Crippen LogP contribution in [-0.4, -0.2) is 6.09 Å². The van der Waals surface area contributed by atoms with Crippen LogP contribution >= 0.6 is 0 Å². The van der Waals surface area contributed by atoms with Gasteiger partial charge in [-0.15, -0.1) is 0 Å². The number of carbonyl (C=O) groups is 1. The van der Waals surface area contributed by atoms with Gasteiger partial charge in [-0.25, -0.2) is 13.6 Å². The Morgan fingerprint density at radius 1 is 1.40 bits per heavy atom. The molecule has 0 saturated carbocycles. The molecule has 0 heterocycles. The van der Waals surface area contributed by atoms with Gasteiger partial charge in [0.25, 0.3) is 0 Å². The molecule has 0 aromatic heterocycles. The minimum Gasteiger partial charge on any atom is -0.433 e. The molecular formula is C10H10F2NO2. The van der Waals surface area contributed by atoms with Crippen LogP contribution in [0.25, 0.3) is 0 Å². The van der Waals surface area contributed by atoms with Gasteiger partial charge in [-0.1, -0.05) is 13.0 Å². The van der Waals surface area contributed by atoms with Crippen molar-refractivity contribution < 1.29 is 18.3 Å². The van der Waals surface area contributed by atoms with Crippen molar-refractivity contribution >= 4 is 6.09 Å². The number of rotatable bonds is 3. The van der Waals surface area contributed by atoms with Gasteiger partial charge in [0.2, 0.25) is 0 Å². The molecule has 1 rings (SSSR count). The van der Waals surface area contributed by atoms with E-state index in [0.29, 0.717) is 0 Å². The predicted octanol–water partition coefficient (Wildman–Crippen LogP) is 2.35. The molecule has 1 aromatic carbocycles. The Labute approximate surface area is 85.8 Å². The average Bonchev–Trinajstić information content (AvgIpc) is 2.15. The maximum absolute atomic E-state index is 13.2. The third kappa shape index (κ3) is 2.65. The summed E-state index contributed by atoms with van der Waals surface area (Å²) in [6.45, 7) is 1.60. The van der Waals surface area contributed by atoms with Crippen LogP contribution in [0.1, 0.15) is 18.9 Å². The molecule has 5 heteroatoms. The minimum absolute atomic E-state index is 0.113. The number of halogens is 2. The lowest BCUT2D eigenvalue weighted by molar-refractivity contribution is 0.164. The number of carbonyl (C=O) groups excluding carboxylic acids is 1. The summed E-state index contributed by atoms with van der Waals surface area (Å²) in [7, 11) is 0. The zero-order chi connectivity index (χ0) is 11.4. The molecule has 1 aromatic rings. The normalized spacial score (nSPS) is 10.4. The molecule has 3 nitrogen and oxygen atoms in total. The second-order valence-corrected chi connectivity index (χ2v) is 2.79. The lowest BCUT2D eigenvalue weighted by Gasteiger charge is -2.14. The third-order valence-electron chi connectivity index (χ3n) is 1.79. The number of amides is 1. The second-order valence-electron chi connectivity index (χ2n) is 2.79. The zero-order valence-corrected chi connectivity index (χ0v) is 8.09. The molecule has 0 atom stereocenters. The number of hydrogen-bond donors (Lipinski definition) is 1. The summed E-state index contributed by atoms with van der Waals surface area (Å²) in [6.07, 6.45) is -1.03. The Kier molecular flexibility index (Phi) is 3.60. The smallest absolute Gasteiger partial charge is 0.405 e. The number of benzene rings is 1. The Hall–Kier alpha value is -1.65. The van der Waals surface area contributed by atoms with E-state index < -0.39 is 17.7 Å². The Balaban J connectivity index is 3.05. The molecule has 0 aliphatic rings. The molecule has 0 unspecified atom stereocenters. The first-order chi connectivity index (χ1) is 7.06. The van der Waals surface area contributed by atoms with E-state index in [9.17, 15) is 13.6 Å². The minimum atomic E-state index is -1.09. The lowest BCUT2D eigenvalue weighted by atomic mass is 10.1. The second kappa shape index (κ2) is 4.72. The maximum atomic E-state index is 13.2. The first-order valence-electron chi connectivity index (χ1n) is 4.33. The molecule has 1 amide bonds. The molecule has 0 saturated heterocycles. The van der Waals surface area contributed by atoms with E-state index in [2.05, 4.69) is 4.74 Å². The first-order valence-corrected chi connectivity index (χ1v) is 4.33. The molecule has 0 bridgehead atoms. The molecule has 0 fully saturated rings. The summed E-state index contributed by atoms with van der Waals surface area (Å²) >= 11 is 0. The lowest BCUT2D eigenvalue weighted by Crippen LogP contribution is -2.19. The molecule has 1 radical (unpaired) electrons. The van der Waals surface area contributed by atoms with E-state index >= 15 is 0 Å². The molecule has 81 valence electrons. The number of ether oxygens (including phenoxy) is 1. The van der Waals surface area contributed by atoms with Crippen LogP contribution in [0.15, 0.2) is 18.2 Å². The van der Waals surface area contributed by atoms with E-state index in [-0.39, 0.29) is 18.1 Å². The molecule has 0 aliphatic heterocycles. The van der Waals surface area contributed by atoms with Gasteiger partial charge in [0.1, 0.15) is 11.6 Å². The van der Waals surface area contributed by atoms with Crippen molar-refractivity contribution in [1.82, 2.24) is 0 Å². The van der Waals surface area contributed by atoms with Crippen LogP contribution in [0, 0.1) is 17.7 Å². The van der Waals surface area contributed by atoms with E-state index in [4.69, 9.17) is 5.73 Å². The van der Waals surface area contributed by atoms with Gasteiger partial charge in [0.05, 0.1) is 5.56 Å². The van der Waals surface area contributed by atoms with Crippen molar-refractivity contribution in [1.29, 1.82) is 0 Å². The molecule has 15 heavy (non-hydrogen) atoms. The SMILES string of the molecule is CC[C](OC(N)=O)c1c(F)cccc1F. The van der Waals surface area contributed by atoms with Crippen LogP contribution in [0.5, 0.6) is 0 Å². The zero-order valence-electron chi connectivity index (χ0n) is 8.09. The van der Waals surface area contributed by atoms with Crippen molar-refractivity contribution in [2.45, 2.75) is 13.3 Å². The van der Waals surface area contributed by atoms with E-state index in [0.717, 1.165) is 12.1 Å². The van der Waals surface area contributed by atoms with Gasteiger partial charge in [-0.05, 0) is 18.6 Å². The van der Waals surface area contributed by atoms with E-state index in [1.54, 1.807) is 6.92 Å². The Bertz CT molecular complexity index is 348. The van der Waals surface area contributed by atoms with Crippen LogP contribution in [0.4, 0.5) is 13.6 Å². The van der Waals surface area contributed by atoms with Crippen molar-refractivity contribution in [3.63, 3.8) is 0 Å². The van der Waals surface area contributed by atoms with E-state index in [1.165, 1.54) is 6.07 Å². The summed E-state index contributed by atoms with van der Waals surface area (Å²) in [6, 6.07) is 3.39. The van der Waals surface area contributed by atoms with Gasteiger partial charge in [0, 0.05) is 0 Å². The van der Waals surface area contributed by atoms with Gasteiger partial charge in [0.15, 0.2) is 6.10 Å². The summed E-state index contributed by atoms with van der Waals surface area (Å²) < 4.78 is 31.0. The maximum Gasteiger partial charge on any atom is 0.405 e. The fourth-order valence-electron chi connectivity index (χ4n) is 1.19. The fraction of sp³-hybridized carbons (Fsp3) is 0.200. The number of hydrogen-bond acceptors (Lipinski definition) is 2. The predicted molar refractivity (Wildman–Crippen MR) is 49.7 cm³/mol. The summed E-state index contributed by atoms with van der Waals surface area (Å²) in [4.78, 5) is 10.5. The summed E-state index contributed by atoms with van der Waals surface area (Å²) in [5, 5.41) is 0. The fourth-order valence-corrected chi connectivity index (χ4v) is 1.19. The van der Waals surface area contributed by atoms with Crippen molar-refractivity contribution in [2.24, 2.45) is 5.73 Å². The monoisotopic (exact) mass is 214 g/mol. The van der Waals surface area contributed by atoms with Crippen LogP contribution < -0.4 is 5.73 Å². The Morgan fingerprint density at radius 3 is 2.33 bits per heavy atom. The number of primary amides is 1. The Morgan fingerprint density at radius 2 is 1.93 bits per heavy atom. The summed E-state index contributed by atoms with van der Waals surface area (Å²) in [5.41, 5.74) is 4.43. The molecular weight excluding hydrogens is 204 g/mol. The molecule has 0 aliphatic carbocycles. The standard InChI is InChI=1S/C10H10F2NO2/c1-2-8(15-10(13)14)9-6(11)4-3-5-7(9)12/h3-5H,2H2,1H3,(H2,13,14). The largest absolute Gasteiger partial charge is 0.433 e. The van der Waals surface area contributed by atoms with Crippen LogP contribution in [0.3, 0.4) is 0 Å². The van der Waals surface area contributed by atoms with Gasteiger partial charge in [-0.3, -0.25) is 0 Å². The highest BCUT2D eigenvalue weighted by Gasteiger charge is 2.22. The van der Waals surface area contributed by atoms with Gasteiger partial charge >= 0.3 is 6.09 Å². The van der Waals surface area contributed by atoms with Crippen LogP contribution in [0.2, 0.25) is 0 Å². The molecule has 0 spiro atoms. The van der Waals surface area contributed by atoms with Crippen LogP contribution in [-0.2, 0) is 4.74 Å². The third-order valence-corrected chi connectivity index (χ3v) is 1.79. The summed E-state index contributed by atoms with van der Waals surface area (Å²) in [5.74, 6) is -1.57. The first kappa shape index (κ1) is 11.4. The quantitative estimate of drug-likeness (QED) is 0.839. The highest BCUT2D eigenvalue weighted by Crippen LogP contribution is 2.25. The molecule has 2 N–H and O–H groups in total. The highest BCUT2D eigenvalue weighted by molar-refractivity contribution is 5.66. The van der Waals surface area contributed by atoms with Crippen molar-refractivity contribution in [2.75, 3.05) is 0 Å². The van der Waals surface area contributed by atoms with Crippen molar-refractivity contribution in [3.05, 3.63) is 41.5 Å². The van der Waals surface area contributed by atoms with Gasteiger partial charge in [-0.2, -0.15) is 0 Å². The van der Waals surface area contributed by atoms with Crippen molar-refractivity contribution in [3.8, 4) is 0 Å². The van der Waals surface area contributed by atoms with Gasteiger partial charge < -0.3 is 10.5 Å².